The van der Waals surface area contributed by atoms with Crippen molar-refractivity contribution in [1.29, 1.82) is 0 Å². The van der Waals surface area contributed by atoms with Crippen LogP contribution in [0.3, 0.4) is 0 Å². The van der Waals surface area contributed by atoms with E-state index in [1.165, 1.54) is 6.20 Å². The summed E-state index contributed by atoms with van der Waals surface area (Å²) in [6.07, 6.45) is 5.60. The molecule has 0 unspecified atom stereocenters. The summed E-state index contributed by atoms with van der Waals surface area (Å²) in [4.78, 5) is 24.1. The summed E-state index contributed by atoms with van der Waals surface area (Å²) in [5, 5.41) is 0. The minimum absolute atomic E-state index is 0.344. The zero-order valence-electron chi connectivity index (χ0n) is 11.0. The van der Waals surface area contributed by atoms with Crippen molar-refractivity contribution in [3.8, 4) is 0 Å². The average molecular weight is 257 g/mol. The van der Waals surface area contributed by atoms with Crippen LogP contribution in [0.25, 0.3) is 0 Å². The lowest BCUT2D eigenvalue weighted by molar-refractivity contribution is 0.0524. The summed E-state index contributed by atoms with van der Waals surface area (Å²) >= 11 is 0. The first-order valence-electron chi connectivity index (χ1n) is 6.09. The van der Waals surface area contributed by atoms with Gasteiger partial charge in [0.1, 0.15) is 5.82 Å². The Hall–Kier alpha value is -2.30. The molecule has 0 fully saturated rings. The molecule has 0 aliphatic rings. The molecule has 0 spiro atoms. The lowest BCUT2D eigenvalue weighted by Gasteiger charge is -2.06. The average Bonchev–Trinajstić information content (AvgIpc) is 2.40. The molecule has 19 heavy (non-hydrogen) atoms. The van der Waals surface area contributed by atoms with Crippen molar-refractivity contribution >= 4 is 5.97 Å². The fourth-order valence-electron chi connectivity index (χ4n) is 1.69. The second-order valence-electron chi connectivity index (χ2n) is 4.04. The van der Waals surface area contributed by atoms with Gasteiger partial charge in [0.2, 0.25) is 0 Å². The molecular weight excluding hydrogens is 242 g/mol. The molecule has 2 heterocycles. The Morgan fingerprint density at radius 3 is 2.68 bits per heavy atom. The zero-order valence-corrected chi connectivity index (χ0v) is 11.0. The summed E-state index contributed by atoms with van der Waals surface area (Å²) in [5.41, 5.74) is 2.14. The van der Waals surface area contributed by atoms with Gasteiger partial charge in [-0.1, -0.05) is 0 Å². The molecule has 0 amide bonds. The molecule has 0 atom stereocenters. The van der Waals surface area contributed by atoms with Gasteiger partial charge in [-0.25, -0.2) is 14.8 Å². The van der Waals surface area contributed by atoms with Crippen LogP contribution in [-0.2, 0) is 11.2 Å². The summed E-state index contributed by atoms with van der Waals surface area (Å²) < 4.78 is 4.94. The van der Waals surface area contributed by atoms with E-state index in [4.69, 9.17) is 4.74 Å². The molecule has 0 N–H and O–H groups in total. The third-order valence-corrected chi connectivity index (χ3v) is 2.64. The molecule has 2 aromatic heterocycles. The molecule has 2 rings (SSSR count). The van der Waals surface area contributed by atoms with Crippen molar-refractivity contribution in [2.24, 2.45) is 0 Å². The van der Waals surface area contributed by atoms with Crippen LogP contribution in [0.4, 0.5) is 0 Å². The van der Waals surface area contributed by atoms with Crippen molar-refractivity contribution in [2.45, 2.75) is 20.3 Å². The maximum atomic E-state index is 11.6. The smallest absolute Gasteiger partial charge is 0.341 e. The number of nitrogens with zero attached hydrogens (tertiary/aromatic N) is 3. The van der Waals surface area contributed by atoms with Crippen molar-refractivity contribution in [3.05, 3.63) is 53.4 Å². The summed E-state index contributed by atoms with van der Waals surface area (Å²) in [5.74, 6) is 0.298. The number of ether oxygens (including phenoxy) is 1. The number of rotatable bonds is 4. The Morgan fingerprint density at radius 1 is 1.32 bits per heavy atom. The van der Waals surface area contributed by atoms with Crippen LogP contribution in [0.1, 0.15) is 34.4 Å². The van der Waals surface area contributed by atoms with Crippen molar-refractivity contribution < 1.29 is 9.53 Å². The highest BCUT2D eigenvalue weighted by atomic mass is 16.5. The van der Waals surface area contributed by atoms with Crippen LogP contribution in [0.5, 0.6) is 0 Å². The monoisotopic (exact) mass is 257 g/mol. The number of hydrogen-bond acceptors (Lipinski definition) is 5. The Bertz CT molecular complexity index is 570. The number of carbonyl (C=O) groups is 1. The molecule has 2 aromatic rings. The van der Waals surface area contributed by atoms with Gasteiger partial charge in [-0.05, 0) is 31.5 Å². The van der Waals surface area contributed by atoms with Crippen molar-refractivity contribution in [3.63, 3.8) is 0 Å². The first kappa shape index (κ1) is 13.1. The molecule has 5 heteroatoms. The van der Waals surface area contributed by atoms with E-state index in [-0.39, 0.29) is 5.97 Å². The fourth-order valence-corrected chi connectivity index (χ4v) is 1.69. The standard InChI is InChI=1S/C14H15N3O2/c1-3-19-14(18)12-9-16-13(17-10(12)2)8-11-4-6-15-7-5-11/h4-7,9H,3,8H2,1-2H3. The SMILES string of the molecule is CCOC(=O)c1cnc(Cc2ccncc2)nc1C. The predicted molar refractivity (Wildman–Crippen MR) is 69.8 cm³/mol. The maximum absolute atomic E-state index is 11.6. The molecular formula is C14H15N3O2. The topological polar surface area (TPSA) is 65.0 Å². The van der Waals surface area contributed by atoms with Gasteiger partial charge < -0.3 is 4.74 Å². The second-order valence-corrected chi connectivity index (χ2v) is 4.04. The highest BCUT2D eigenvalue weighted by molar-refractivity contribution is 5.90. The fraction of sp³-hybridized carbons (Fsp3) is 0.286. The molecule has 5 nitrogen and oxygen atoms in total. The van der Waals surface area contributed by atoms with E-state index in [1.807, 2.05) is 12.1 Å². The first-order chi connectivity index (χ1) is 9.20. The van der Waals surface area contributed by atoms with Gasteiger partial charge in [0, 0.05) is 25.0 Å². The van der Waals surface area contributed by atoms with Crippen LogP contribution in [0.2, 0.25) is 0 Å². The van der Waals surface area contributed by atoms with Crippen LogP contribution in [0.15, 0.2) is 30.7 Å². The normalized spacial score (nSPS) is 10.2. The van der Waals surface area contributed by atoms with Crippen LogP contribution in [-0.4, -0.2) is 27.5 Å². The number of esters is 1. The van der Waals surface area contributed by atoms with Gasteiger partial charge in [0.15, 0.2) is 0 Å². The lowest BCUT2D eigenvalue weighted by atomic mass is 10.2. The molecule has 0 saturated heterocycles. The van der Waals surface area contributed by atoms with Gasteiger partial charge in [-0.3, -0.25) is 4.98 Å². The van der Waals surface area contributed by atoms with Gasteiger partial charge >= 0.3 is 5.97 Å². The quantitative estimate of drug-likeness (QED) is 0.783. The summed E-state index contributed by atoms with van der Waals surface area (Å²) in [6, 6.07) is 3.83. The van der Waals surface area contributed by atoms with Crippen molar-refractivity contribution in [2.75, 3.05) is 6.61 Å². The highest BCUT2D eigenvalue weighted by Gasteiger charge is 2.12. The van der Waals surface area contributed by atoms with Crippen molar-refractivity contribution in [1.82, 2.24) is 15.0 Å². The van der Waals surface area contributed by atoms with Gasteiger partial charge in [-0.15, -0.1) is 0 Å². The molecule has 98 valence electrons. The number of aromatic nitrogens is 3. The molecule has 0 aromatic carbocycles. The van der Waals surface area contributed by atoms with Gasteiger partial charge in [0.05, 0.1) is 17.9 Å². The Balaban J connectivity index is 2.17. The summed E-state index contributed by atoms with van der Waals surface area (Å²) in [6.45, 7) is 3.90. The Kier molecular flexibility index (Phi) is 4.18. The molecule has 0 saturated carbocycles. The number of carbonyl (C=O) groups excluding carboxylic acids is 1. The Morgan fingerprint density at radius 2 is 2.05 bits per heavy atom. The van der Waals surface area contributed by atoms with E-state index in [0.29, 0.717) is 30.1 Å². The van der Waals surface area contributed by atoms with Crippen LogP contribution < -0.4 is 0 Å². The van der Waals surface area contributed by atoms with Gasteiger partial charge in [-0.2, -0.15) is 0 Å². The van der Waals surface area contributed by atoms with Crippen LogP contribution >= 0.6 is 0 Å². The van der Waals surface area contributed by atoms with E-state index in [2.05, 4.69) is 15.0 Å². The maximum Gasteiger partial charge on any atom is 0.341 e. The number of aryl methyl sites for hydroxylation is 1. The van der Waals surface area contributed by atoms with E-state index >= 15 is 0 Å². The molecule has 0 bridgehead atoms. The molecule has 0 radical (unpaired) electrons. The molecule has 0 aliphatic heterocycles. The highest BCUT2D eigenvalue weighted by Crippen LogP contribution is 2.09. The second kappa shape index (κ2) is 6.04. The van der Waals surface area contributed by atoms with E-state index in [1.54, 1.807) is 26.2 Å². The summed E-state index contributed by atoms with van der Waals surface area (Å²) in [7, 11) is 0. The predicted octanol–water partition coefficient (Wildman–Crippen LogP) is 1.95. The minimum atomic E-state index is -0.379. The van der Waals surface area contributed by atoms with Gasteiger partial charge in [0.25, 0.3) is 0 Å². The lowest BCUT2D eigenvalue weighted by Crippen LogP contribution is -2.10. The third-order valence-electron chi connectivity index (χ3n) is 2.64. The largest absolute Gasteiger partial charge is 0.462 e. The molecule has 0 aliphatic carbocycles. The van der Waals surface area contributed by atoms with E-state index in [0.717, 1.165) is 5.56 Å². The van der Waals surface area contributed by atoms with E-state index < -0.39 is 0 Å². The third kappa shape index (κ3) is 3.34. The number of hydrogen-bond donors (Lipinski definition) is 0. The minimum Gasteiger partial charge on any atom is -0.462 e. The van der Waals surface area contributed by atoms with E-state index in [9.17, 15) is 4.79 Å². The Labute approximate surface area is 111 Å². The first-order valence-corrected chi connectivity index (χ1v) is 6.09. The van der Waals surface area contributed by atoms with Crippen LogP contribution in [0, 0.1) is 6.92 Å². The zero-order chi connectivity index (χ0) is 13.7. The number of pyridine rings is 1.